The summed E-state index contributed by atoms with van der Waals surface area (Å²) in [6, 6.07) is 0. The van der Waals surface area contributed by atoms with E-state index in [9.17, 15) is 55.2 Å². The van der Waals surface area contributed by atoms with Gasteiger partial charge in [0, 0.05) is 5.41 Å². The highest BCUT2D eigenvalue weighted by molar-refractivity contribution is 5.90. The summed E-state index contributed by atoms with van der Waals surface area (Å²) in [6.45, 7) is 11.7. The number of ether oxygens (including phenoxy) is 5. The van der Waals surface area contributed by atoms with E-state index in [0.29, 0.717) is 44.9 Å². The number of carbonyl (C=O) groups excluding carboxylic acids is 2. The highest BCUT2D eigenvalue weighted by Crippen LogP contribution is 2.76. The van der Waals surface area contributed by atoms with E-state index in [0.717, 1.165) is 12.8 Å². The van der Waals surface area contributed by atoms with Crippen LogP contribution >= 0.6 is 0 Å². The molecule has 19 atom stereocenters. The maximum Gasteiger partial charge on any atom is 0.317 e. The van der Waals surface area contributed by atoms with Crippen molar-refractivity contribution >= 4 is 17.9 Å². The van der Waals surface area contributed by atoms with Gasteiger partial charge in [-0.1, -0.05) is 53.2 Å². The van der Waals surface area contributed by atoms with Crippen LogP contribution in [0.5, 0.6) is 0 Å². The minimum absolute atomic E-state index is 0.0313. The van der Waals surface area contributed by atoms with E-state index in [1.165, 1.54) is 5.57 Å². The molecule has 2 saturated heterocycles. The highest BCUT2D eigenvalue weighted by Gasteiger charge is 2.71. The lowest BCUT2D eigenvalue weighted by Crippen LogP contribution is -2.69. The van der Waals surface area contributed by atoms with E-state index in [-0.39, 0.29) is 40.6 Å². The average Bonchev–Trinajstić information content (AvgIpc) is 3.18. The zero-order valence-corrected chi connectivity index (χ0v) is 36.1. The van der Waals surface area contributed by atoms with Gasteiger partial charge in [0.05, 0.1) is 37.4 Å². The van der Waals surface area contributed by atoms with Crippen LogP contribution in [0.25, 0.3) is 0 Å². The number of hydrogen-bond donors (Lipinski definition) is 9. The zero-order valence-electron chi connectivity index (χ0n) is 36.1. The third kappa shape index (κ3) is 7.39. The van der Waals surface area contributed by atoms with Gasteiger partial charge in [-0.05, 0) is 97.2 Å². The fourth-order valence-corrected chi connectivity index (χ4v) is 13.9. The molecule has 9 N–H and O–H groups in total. The standard InChI is InChI=1S/C44H68O17/c1-39(2)11-13-44(38(56)61-37-32(54)31(53)30(52)25(18-45)58-37)14-12-42(5)21(22(44)16-39)7-8-27-40(3)17-23(47)35(41(4,20-46)26(40)9-10-43(27,42)6)60-36-33(55)34(24(48)19-57-36)59-29(51)15-28(49)50/h7,22-27,30-37,45-48,52-55H,8-20H2,1-6H3,(H,49,50). The van der Waals surface area contributed by atoms with Gasteiger partial charge in [-0.2, -0.15) is 0 Å². The molecule has 2 aliphatic heterocycles. The molecule has 6 fully saturated rings. The van der Waals surface area contributed by atoms with Crippen LogP contribution in [-0.2, 0) is 38.1 Å². The van der Waals surface area contributed by atoms with Crippen LogP contribution in [0.15, 0.2) is 11.6 Å². The molecule has 19 unspecified atom stereocenters. The summed E-state index contributed by atoms with van der Waals surface area (Å²) < 4.78 is 28.7. The molecule has 5 aliphatic carbocycles. The SMILES string of the molecule is CC1(C)CCC2(C(=O)OC3OC(CO)C(O)C(O)C3O)CCC3(C)C(=CCC4C5(C)CC(O)C(OC6OCC(O)C(OC(=O)CC(=O)O)C6O)C(C)(CO)C5CCC43C)C2C1. The fraction of sp³-hybridized carbons (Fsp3) is 0.886. The highest BCUT2D eigenvalue weighted by atomic mass is 16.7. The zero-order chi connectivity index (χ0) is 44.8. The van der Waals surface area contributed by atoms with E-state index < -0.39 is 121 Å². The Labute approximate surface area is 356 Å². The molecule has 2 heterocycles. The summed E-state index contributed by atoms with van der Waals surface area (Å²) in [5, 5.41) is 95.5. The second kappa shape index (κ2) is 16.3. The largest absolute Gasteiger partial charge is 0.481 e. The molecule has 0 aromatic carbocycles. The van der Waals surface area contributed by atoms with Crippen LogP contribution in [0.4, 0.5) is 0 Å². The van der Waals surface area contributed by atoms with Crippen molar-refractivity contribution in [1.82, 2.24) is 0 Å². The summed E-state index contributed by atoms with van der Waals surface area (Å²) in [6.07, 6.45) is -9.28. The maximum atomic E-state index is 14.6. The summed E-state index contributed by atoms with van der Waals surface area (Å²) in [7, 11) is 0. The molecule has 4 saturated carbocycles. The van der Waals surface area contributed by atoms with Gasteiger partial charge in [-0.15, -0.1) is 0 Å². The van der Waals surface area contributed by atoms with Crippen LogP contribution in [-0.4, -0.2) is 151 Å². The van der Waals surface area contributed by atoms with Crippen molar-refractivity contribution in [1.29, 1.82) is 0 Å². The molecule has 0 aromatic heterocycles. The first-order valence-electron chi connectivity index (χ1n) is 22.0. The van der Waals surface area contributed by atoms with Crippen molar-refractivity contribution in [2.45, 2.75) is 173 Å². The predicted molar refractivity (Wildman–Crippen MR) is 210 cm³/mol. The molecule has 17 nitrogen and oxygen atoms in total. The lowest BCUT2D eigenvalue weighted by molar-refractivity contribution is -0.329. The molecule has 0 spiro atoms. The monoisotopic (exact) mass is 868 g/mol. The van der Waals surface area contributed by atoms with Gasteiger partial charge in [-0.3, -0.25) is 14.4 Å². The van der Waals surface area contributed by atoms with Crippen molar-refractivity contribution in [2.24, 2.45) is 50.2 Å². The van der Waals surface area contributed by atoms with Crippen LogP contribution in [0.3, 0.4) is 0 Å². The smallest absolute Gasteiger partial charge is 0.317 e. The number of rotatable bonds is 9. The van der Waals surface area contributed by atoms with Crippen molar-refractivity contribution in [2.75, 3.05) is 19.8 Å². The second-order valence-corrected chi connectivity index (χ2v) is 21.3. The predicted octanol–water partition coefficient (Wildman–Crippen LogP) is 0.924. The normalized spacial score (nSPS) is 50.4. The number of hydrogen-bond acceptors (Lipinski definition) is 16. The molecule has 0 bridgehead atoms. The quantitative estimate of drug-likeness (QED) is 0.0675. The molecule has 61 heavy (non-hydrogen) atoms. The molecular weight excluding hydrogens is 800 g/mol. The minimum atomic E-state index is -1.72. The van der Waals surface area contributed by atoms with E-state index in [2.05, 4.69) is 40.7 Å². The number of aliphatic hydroxyl groups is 8. The van der Waals surface area contributed by atoms with Gasteiger partial charge < -0.3 is 69.6 Å². The minimum Gasteiger partial charge on any atom is -0.481 e. The average molecular weight is 869 g/mol. The van der Waals surface area contributed by atoms with Gasteiger partial charge in [0.15, 0.2) is 12.4 Å². The van der Waals surface area contributed by atoms with Gasteiger partial charge in [-0.25, -0.2) is 0 Å². The number of carbonyl (C=O) groups is 3. The van der Waals surface area contributed by atoms with Crippen molar-refractivity contribution in [3.05, 3.63) is 11.6 Å². The molecule has 0 radical (unpaired) electrons. The molecular formula is C44H68O17. The Morgan fingerprint density at radius 2 is 1.48 bits per heavy atom. The van der Waals surface area contributed by atoms with Gasteiger partial charge >= 0.3 is 17.9 Å². The first-order chi connectivity index (χ1) is 28.4. The third-order valence-corrected chi connectivity index (χ3v) is 17.4. The van der Waals surface area contributed by atoms with E-state index in [1.54, 1.807) is 0 Å². The molecule has 0 aromatic rings. The fourth-order valence-electron chi connectivity index (χ4n) is 13.9. The van der Waals surface area contributed by atoms with Crippen LogP contribution < -0.4 is 0 Å². The summed E-state index contributed by atoms with van der Waals surface area (Å²) >= 11 is 0. The molecule has 7 aliphatic rings. The van der Waals surface area contributed by atoms with Gasteiger partial charge in [0.2, 0.25) is 6.29 Å². The van der Waals surface area contributed by atoms with Crippen molar-refractivity contribution in [3.8, 4) is 0 Å². The van der Waals surface area contributed by atoms with Crippen molar-refractivity contribution in [3.63, 3.8) is 0 Å². The van der Waals surface area contributed by atoms with Crippen LogP contribution in [0.1, 0.15) is 106 Å². The first-order valence-corrected chi connectivity index (χ1v) is 22.0. The number of esters is 2. The number of aliphatic carboxylic acids is 1. The lowest BCUT2D eigenvalue weighted by Gasteiger charge is -2.71. The van der Waals surface area contributed by atoms with E-state index in [4.69, 9.17) is 28.8 Å². The molecule has 0 amide bonds. The van der Waals surface area contributed by atoms with E-state index >= 15 is 0 Å². The summed E-state index contributed by atoms with van der Waals surface area (Å²) in [5.74, 6) is -3.47. The number of aliphatic hydroxyl groups excluding tert-OH is 8. The Balaban J connectivity index is 1.16. The number of carboxylic acid groups (broad SMARTS) is 1. The number of carboxylic acids is 1. The Kier molecular flexibility index (Phi) is 12.5. The molecule has 17 heteroatoms. The Morgan fingerprint density at radius 1 is 0.787 bits per heavy atom. The van der Waals surface area contributed by atoms with Crippen LogP contribution in [0, 0.1) is 50.2 Å². The maximum absolute atomic E-state index is 14.6. The number of allylic oxidation sites excluding steroid dienone is 2. The van der Waals surface area contributed by atoms with E-state index in [1.807, 2.05) is 6.92 Å². The Bertz CT molecular complexity index is 1720. The van der Waals surface area contributed by atoms with Gasteiger partial charge in [0.1, 0.15) is 43.0 Å². The Morgan fingerprint density at radius 3 is 2.13 bits per heavy atom. The summed E-state index contributed by atoms with van der Waals surface area (Å²) in [5.41, 5.74) is -2.10. The Hall–Kier alpha value is -2.29. The molecule has 346 valence electrons. The lowest BCUT2D eigenvalue weighted by atomic mass is 9.33. The van der Waals surface area contributed by atoms with Crippen molar-refractivity contribution < 1.29 is 84.0 Å². The van der Waals surface area contributed by atoms with Gasteiger partial charge in [0.25, 0.3) is 0 Å². The van der Waals surface area contributed by atoms with Crippen LogP contribution in [0.2, 0.25) is 0 Å². The summed E-state index contributed by atoms with van der Waals surface area (Å²) in [4.78, 5) is 37.9. The molecule has 7 rings (SSSR count). The topological polar surface area (TPSA) is 279 Å². The first kappa shape index (κ1) is 46.7. The second-order valence-electron chi connectivity index (χ2n) is 21.3. The number of fused-ring (bicyclic) bond motifs is 7. The third-order valence-electron chi connectivity index (χ3n) is 17.4.